The summed E-state index contributed by atoms with van der Waals surface area (Å²) in [5.74, 6) is 0. The van der Waals surface area contributed by atoms with Crippen molar-refractivity contribution in [2.75, 3.05) is 0 Å². The molecule has 1 heterocycles. The molecule has 1 unspecified atom stereocenters. The van der Waals surface area contributed by atoms with Crippen LogP contribution < -0.4 is 0 Å². The van der Waals surface area contributed by atoms with E-state index >= 15 is 0 Å². The molecule has 0 aliphatic heterocycles. The maximum Gasteiger partial charge on any atom is 0.101 e. The highest BCUT2D eigenvalue weighted by atomic mass is 79.9. The molecule has 90 valence electrons. The molecule has 0 saturated heterocycles. The van der Waals surface area contributed by atoms with Gasteiger partial charge in [-0.2, -0.15) is 5.10 Å². The molecule has 0 aliphatic rings. The van der Waals surface area contributed by atoms with Gasteiger partial charge in [0, 0.05) is 18.5 Å². The minimum absolute atomic E-state index is 0.513. The van der Waals surface area contributed by atoms with E-state index in [1.165, 1.54) is 0 Å². The highest BCUT2D eigenvalue weighted by Crippen LogP contribution is 2.26. The average molecular weight is 316 g/mol. The fourth-order valence-corrected chi connectivity index (χ4v) is 2.60. The number of aromatic nitrogens is 2. The number of aliphatic hydroxyl groups excluding tert-OH is 1. The average Bonchev–Trinajstić information content (AvgIpc) is 2.58. The quantitative estimate of drug-likeness (QED) is 0.945. The number of hydrogen-bond acceptors (Lipinski definition) is 2. The maximum absolute atomic E-state index is 10.2. The third kappa shape index (κ3) is 2.89. The van der Waals surface area contributed by atoms with E-state index in [9.17, 15) is 5.11 Å². The van der Waals surface area contributed by atoms with Crippen molar-refractivity contribution in [1.29, 1.82) is 0 Å². The zero-order chi connectivity index (χ0) is 12.4. The van der Waals surface area contributed by atoms with Crippen molar-refractivity contribution in [3.63, 3.8) is 0 Å². The summed E-state index contributed by atoms with van der Waals surface area (Å²) in [6.45, 7) is 0. The number of aliphatic hydroxyl groups is 1. The number of halogens is 2. The minimum atomic E-state index is -0.602. The molecular weight excluding hydrogens is 304 g/mol. The van der Waals surface area contributed by atoms with Crippen molar-refractivity contribution in [2.45, 2.75) is 12.5 Å². The third-order valence-electron chi connectivity index (χ3n) is 2.57. The molecule has 2 rings (SSSR count). The van der Waals surface area contributed by atoms with Crippen molar-refractivity contribution in [3.8, 4) is 0 Å². The second-order valence-electron chi connectivity index (χ2n) is 3.85. The van der Waals surface area contributed by atoms with E-state index in [4.69, 9.17) is 11.6 Å². The van der Waals surface area contributed by atoms with Gasteiger partial charge < -0.3 is 5.11 Å². The van der Waals surface area contributed by atoms with E-state index in [1.807, 2.05) is 24.3 Å². The molecule has 0 bridgehead atoms. The van der Waals surface area contributed by atoms with Crippen LogP contribution in [-0.4, -0.2) is 14.9 Å². The summed E-state index contributed by atoms with van der Waals surface area (Å²) in [5, 5.41) is 14.9. The lowest BCUT2D eigenvalue weighted by molar-refractivity contribution is 0.168. The summed E-state index contributed by atoms with van der Waals surface area (Å²) in [4.78, 5) is 0. The number of nitrogens with zero attached hydrogens (tertiary/aromatic N) is 2. The maximum atomic E-state index is 10.2. The van der Waals surface area contributed by atoms with Gasteiger partial charge in [0.1, 0.15) is 6.10 Å². The van der Waals surface area contributed by atoms with Crippen LogP contribution in [0.3, 0.4) is 0 Å². The van der Waals surface area contributed by atoms with Crippen LogP contribution in [0.5, 0.6) is 0 Å². The van der Waals surface area contributed by atoms with Gasteiger partial charge in [0.25, 0.3) is 0 Å². The lowest BCUT2D eigenvalue weighted by Gasteiger charge is -2.12. The van der Waals surface area contributed by atoms with Crippen molar-refractivity contribution < 1.29 is 5.11 Å². The smallest absolute Gasteiger partial charge is 0.101 e. The Kier molecular flexibility index (Phi) is 3.86. The number of rotatable bonds is 3. The Labute approximate surface area is 113 Å². The Bertz CT molecular complexity index is 507. The first-order valence-corrected chi connectivity index (χ1v) is 6.35. The molecule has 1 atom stereocenters. The number of hydrogen-bond donors (Lipinski definition) is 1. The van der Waals surface area contributed by atoms with Crippen molar-refractivity contribution in [1.82, 2.24) is 9.78 Å². The van der Waals surface area contributed by atoms with Gasteiger partial charge in [-0.15, -0.1) is 0 Å². The Balaban J connectivity index is 2.20. The van der Waals surface area contributed by atoms with Gasteiger partial charge >= 0.3 is 0 Å². The Morgan fingerprint density at radius 2 is 2.29 bits per heavy atom. The van der Waals surface area contributed by atoms with Crippen LogP contribution in [-0.2, 0) is 13.5 Å². The van der Waals surface area contributed by atoms with E-state index in [1.54, 1.807) is 17.9 Å². The summed E-state index contributed by atoms with van der Waals surface area (Å²) in [6.07, 6.45) is 1.59. The highest BCUT2D eigenvalue weighted by molar-refractivity contribution is 9.10. The van der Waals surface area contributed by atoms with Gasteiger partial charge in [0.2, 0.25) is 0 Å². The van der Waals surface area contributed by atoms with Crippen LogP contribution in [0, 0.1) is 0 Å². The Morgan fingerprint density at radius 3 is 2.88 bits per heavy atom. The first-order valence-electron chi connectivity index (χ1n) is 5.18. The molecule has 5 heteroatoms. The third-order valence-corrected chi connectivity index (χ3v) is 3.42. The zero-order valence-electron chi connectivity index (χ0n) is 9.27. The van der Waals surface area contributed by atoms with Crippen LogP contribution >= 0.6 is 27.5 Å². The normalized spacial score (nSPS) is 12.7. The molecule has 17 heavy (non-hydrogen) atoms. The summed E-state index contributed by atoms with van der Waals surface area (Å²) < 4.78 is 2.48. The fraction of sp³-hybridized carbons (Fsp3) is 0.250. The summed E-state index contributed by atoms with van der Waals surface area (Å²) >= 11 is 9.28. The predicted octanol–water partition coefficient (Wildman–Crippen LogP) is 3.11. The largest absolute Gasteiger partial charge is 0.386 e. The van der Waals surface area contributed by atoms with Gasteiger partial charge in [0.15, 0.2) is 0 Å². The van der Waals surface area contributed by atoms with Crippen molar-refractivity contribution in [2.24, 2.45) is 7.05 Å². The number of benzene rings is 1. The topological polar surface area (TPSA) is 38.0 Å². The minimum Gasteiger partial charge on any atom is -0.386 e. The SMILES string of the molecule is Cn1ncc(Br)c1C(O)Cc1cccc(Cl)c1. The van der Waals surface area contributed by atoms with Gasteiger partial charge in [-0.3, -0.25) is 4.68 Å². The van der Waals surface area contributed by atoms with Gasteiger partial charge in [-0.25, -0.2) is 0 Å². The standard InChI is InChI=1S/C12H12BrClN2O/c1-16-12(10(13)7-15-16)11(17)6-8-3-2-4-9(14)5-8/h2-5,7,11,17H,6H2,1H3. The lowest BCUT2D eigenvalue weighted by atomic mass is 10.1. The summed E-state index contributed by atoms with van der Waals surface area (Å²) in [6, 6.07) is 7.49. The molecule has 1 aromatic heterocycles. The zero-order valence-corrected chi connectivity index (χ0v) is 11.6. The lowest BCUT2D eigenvalue weighted by Crippen LogP contribution is -2.08. The molecule has 0 fully saturated rings. The van der Waals surface area contributed by atoms with Crippen LogP contribution in [0.4, 0.5) is 0 Å². The van der Waals surface area contributed by atoms with Crippen molar-refractivity contribution in [3.05, 3.63) is 51.2 Å². The van der Waals surface area contributed by atoms with Crippen molar-refractivity contribution >= 4 is 27.5 Å². The van der Waals surface area contributed by atoms with Gasteiger partial charge in [-0.1, -0.05) is 23.7 Å². The first kappa shape index (κ1) is 12.6. The van der Waals surface area contributed by atoms with E-state index in [2.05, 4.69) is 21.0 Å². The van der Waals surface area contributed by atoms with E-state index in [0.29, 0.717) is 11.4 Å². The van der Waals surface area contributed by atoms with Gasteiger partial charge in [-0.05, 0) is 33.6 Å². The predicted molar refractivity (Wildman–Crippen MR) is 71.0 cm³/mol. The molecule has 0 radical (unpaired) electrons. The van der Waals surface area contributed by atoms with E-state index in [-0.39, 0.29) is 0 Å². The number of aryl methyl sites for hydroxylation is 1. The Morgan fingerprint density at radius 1 is 1.53 bits per heavy atom. The second kappa shape index (κ2) is 5.21. The second-order valence-corrected chi connectivity index (χ2v) is 5.14. The molecule has 0 aliphatic carbocycles. The monoisotopic (exact) mass is 314 g/mol. The van der Waals surface area contributed by atoms with Crippen LogP contribution in [0.2, 0.25) is 5.02 Å². The Hall–Kier alpha value is -0.840. The molecule has 0 spiro atoms. The highest BCUT2D eigenvalue weighted by Gasteiger charge is 2.16. The molecular formula is C12H12BrClN2O. The van der Waals surface area contributed by atoms with Gasteiger partial charge in [0.05, 0.1) is 16.4 Å². The summed E-state index contributed by atoms with van der Waals surface area (Å²) in [7, 11) is 1.81. The van der Waals surface area contributed by atoms with E-state index < -0.39 is 6.10 Å². The van der Waals surface area contributed by atoms with Crippen LogP contribution in [0.15, 0.2) is 34.9 Å². The summed E-state index contributed by atoms with van der Waals surface area (Å²) in [5.41, 5.74) is 1.77. The molecule has 3 nitrogen and oxygen atoms in total. The molecule has 2 aromatic rings. The first-order chi connectivity index (χ1) is 8.08. The molecule has 0 amide bonds. The van der Waals surface area contributed by atoms with E-state index in [0.717, 1.165) is 15.7 Å². The van der Waals surface area contributed by atoms with Crippen LogP contribution in [0.25, 0.3) is 0 Å². The van der Waals surface area contributed by atoms with Crippen LogP contribution in [0.1, 0.15) is 17.4 Å². The fourth-order valence-electron chi connectivity index (χ4n) is 1.78. The molecule has 0 saturated carbocycles. The molecule has 1 N–H and O–H groups in total. The molecule has 1 aromatic carbocycles.